The number of primary amides is 1. The molecule has 0 fully saturated rings. The van der Waals surface area contributed by atoms with Crippen molar-refractivity contribution in [2.45, 2.75) is 31.3 Å². The van der Waals surface area contributed by atoms with Gasteiger partial charge < -0.3 is 15.4 Å². The number of fused-ring (bicyclic) bond motifs is 2. The molecule has 1 aliphatic heterocycles. The van der Waals surface area contributed by atoms with Gasteiger partial charge in [-0.05, 0) is 53.3 Å². The molecule has 7 heteroatoms. The van der Waals surface area contributed by atoms with Crippen LogP contribution in [-0.4, -0.2) is 23.3 Å². The van der Waals surface area contributed by atoms with E-state index in [1.54, 1.807) is 42.5 Å². The molecule has 1 aliphatic carbocycles. The molecule has 0 radical (unpaired) electrons. The van der Waals surface area contributed by atoms with Gasteiger partial charge in [-0.15, -0.1) is 0 Å². The molecule has 0 saturated carbocycles. The number of rotatable bonds is 5. The van der Waals surface area contributed by atoms with Crippen LogP contribution in [0.2, 0.25) is 5.02 Å². The lowest BCUT2D eigenvalue weighted by molar-refractivity contribution is -0.123. The quantitative estimate of drug-likeness (QED) is 0.591. The number of para-hydroxylation sites is 1. The second-order valence-electron chi connectivity index (χ2n) is 8.33. The van der Waals surface area contributed by atoms with Gasteiger partial charge in [-0.3, -0.25) is 9.59 Å². The topological polar surface area (TPSA) is 72.6 Å². The summed E-state index contributed by atoms with van der Waals surface area (Å²) in [6.07, 6.45) is 1.59. The van der Waals surface area contributed by atoms with Gasteiger partial charge in [0.2, 0.25) is 5.91 Å². The highest BCUT2D eigenvalue weighted by atomic mass is 35.5. The van der Waals surface area contributed by atoms with Crippen molar-refractivity contribution < 1.29 is 18.7 Å². The Hall–Kier alpha value is -3.38. The van der Waals surface area contributed by atoms with Crippen LogP contribution >= 0.6 is 11.6 Å². The fourth-order valence-electron chi connectivity index (χ4n) is 4.97. The van der Waals surface area contributed by atoms with Gasteiger partial charge in [0.15, 0.2) is 0 Å². The minimum atomic E-state index is -1.05. The van der Waals surface area contributed by atoms with Crippen LogP contribution in [0.4, 0.5) is 4.39 Å². The van der Waals surface area contributed by atoms with E-state index in [9.17, 15) is 14.0 Å². The first-order chi connectivity index (χ1) is 16.0. The molecule has 2 N–H and O–H groups in total. The van der Waals surface area contributed by atoms with E-state index in [-0.39, 0.29) is 10.9 Å². The van der Waals surface area contributed by atoms with Gasteiger partial charge in [0.05, 0.1) is 18.2 Å². The number of halogens is 2. The molecule has 3 aromatic rings. The van der Waals surface area contributed by atoms with Crippen molar-refractivity contribution in [2.75, 3.05) is 6.61 Å². The summed E-state index contributed by atoms with van der Waals surface area (Å²) in [6, 6.07) is 15.7. The van der Waals surface area contributed by atoms with Crippen molar-refractivity contribution in [1.29, 1.82) is 0 Å². The molecule has 0 spiro atoms. The van der Waals surface area contributed by atoms with E-state index in [1.165, 1.54) is 11.0 Å². The number of hydrogen-bond acceptors (Lipinski definition) is 3. The van der Waals surface area contributed by atoms with E-state index in [0.717, 1.165) is 5.56 Å². The third-order valence-electron chi connectivity index (χ3n) is 6.40. The average Bonchev–Trinajstić information content (AvgIpc) is 3.44. The molecule has 33 heavy (non-hydrogen) atoms. The van der Waals surface area contributed by atoms with Crippen molar-refractivity contribution in [3.05, 3.63) is 99.3 Å². The summed E-state index contributed by atoms with van der Waals surface area (Å²) in [6.45, 7) is 0.491. The van der Waals surface area contributed by atoms with E-state index in [1.807, 2.05) is 12.1 Å². The molecule has 1 unspecified atom stereocenters. The SMILES string of the molecule is NC(=O)C(c1ccccc1)N(C(=O)c1cccc2c1OCC2)[C@@H]1CCc2c(F)cc(Cl)cc21. The number of carbonyl (C=O) groups excluding carboxylic acids is 2. The molecular weight excluding hydrogens is 443 g/mol. The Morgan fingerprint density at radius 3 is 2.64 bits per heavy atom. The number of nitrogens with two attached hydrogens (primary N) is 1. The van der Waals surface area contributed by atoms with Crippen LogP contribution in [-0.2, 0) is 17.6 Å². The molecule has 5 nitrogen and oxygen atoms in total. The van der Waals surface area contributed by atoms with E-state index in [4.69, 9.17) is 22.1 Å². The number of benzene rings is 3. The maximum atomic E-state index is 14.7. The zero-order valence-corrected chi connectivity index (χ0v) is 18.5. The lowest BCUT2D eigenvalue weighted by Gasteiger charge is -2.36. The first kappa shape index (κ1) is 21.5. The molecule has 2 aliphatic rings. The summed E-state index contributed by atoms with van der Waals surface area (Å²) in [7, 11) is 0. The smallest absolute Gasteiger partial charge is 0.259 e. The van der Waals surface area contributed by atoms with E-state index in [0.29, 0.717) is 53.9 Å². The van der Waals surface area contributed by atoms with Crippen molar-refractivity contribution in [3.63, 3.8) is 0 Å². The Morgan fingerprint density at radius 1 is 1.09 bits per heavy atom. The van der Waals surface area contributed by atoms with Crippen LogP contribution in [0, 0.1) is 5.82 Å². The normalized spacial score (nSPS) is 17.1. The molecule has 0 bridgehead atoms. The van der Waals surface area contributed by atoms with Crippen LogP contribution in [0.3, 0.4) is 0 Å². The summed E-state index contributed by atoms with van der Waals surface area (Å²) >= 11 is 6.18. The minimum Gasteiger partial charge on any atom is -0.492 e. The fourth-order valence-corrected chi connectivity index (χ4v) is 5.18. The van der Waals surface area contributed by atoms with Gasteiger partial charge in [0, 0.05) is 11.4 Å². The van der Waals surface area contributed by atoms with E-state index in [2.05, 4.69) is 0 Å². The number of carbonyl (C=O) groups is 2. The van der Waals surface area contributed by atoms with Crippen molar-refractivity contribution in [2.24, 2.45) is 5.73 Å². The fraction of sp³-hybridized carbons (Fsp3) is 0.231. The first-order valence-corrected chi connectivity index (χ1v) is 11.2. The Bertz CT molecular complexity index is 1250. The predicted octanol–water partition coefficient (Wildman–Crippen LogP) is 4.77. The lowest BCUT2D eigenvalue weighted by Crippen LogP contribution is -2.43. The molecule has 3 aromatic carbocycles. The number of nitrogens with zero attached hydrogens (tertiary/aromatic N) is 1. The largest absolute Gasteiger partial charge is 0.492 e. The second-order valence-corrected chi connectivity index (χ2v) is 8.77. The van der Waals surface area contributed by atoms with Crippen LogP contribution in [0.1, 0.15) is 51.1 Å². The average molecular weight is 465 g/mol. The van der Waals surface area contributed by atoms with Crippen molar-refractivity contribution in [3.8, 4) is 5.75 Å². The highest BCUT2D eigenvalue weighted by Gasteiger charge is 2.41. The molecule has 1 heterocycles. The standard InChI is InChI=1S/C26H22ClFN2O3/c27-17-13-20-18(21(28)14-17)9-10-22(20)30(23(25(29)31)15-5-2-1-3-6-15)26(32)19-8-4-7-16-11-12-33-24(16)19/h1-8,13-14,22-23H,9-12H2,(H2,29,31)/t22-,23?/m1/s1. The Labute approximate surface area is 195 Å². The maximum Gasteiger partial charge on any atom is 0.259 e. The number of ether oxygens (including phenoxy) is 1. The van der Waals surface area contributed by atoms with Crippen LogP contribution < -0.4 is 10.5 Å². The zero-order valence-electron chi connectivity index (χ0n) is 17.8. The summed E-state index contributed by atoms with van der Waals surface area (Å²) in [4.78, 5) is 28.4. The molecule has 0 aromatic heterocycles. The monoisotopic (exact) mass is 464 g/mol. The molecule has 2 atom stereocenters. The molecule has 0 saturated heterocycles. The Kier molecular flexibility index (Phi) is 5.54. The van der Waals surface area contributed by atoms with Crippen molar-refractivity contribution in [1.82, 2.24) is 4.90 Å². The Morgan fingerprint density at radius 2 is 1.88 bits per heavy atom. The predicted molar refractivity (Wildman–Crippen MR) is 123 cm³/mol. The summed E-state index contributed by atoms with van der Waals surface area (Å²) in [5.74, 6) is -0.940. The third-order valence-corrected chi connectivity index (χ3v) is 6.62. The van der Waals surface area contributed by atoms with E-state index < -0.39 is 23.8 Å². The number of hydrogen-bond donors (Lipinski definition) is 1. The lowest BCUT2D eigenvalue weighted by atomic mass is 9.97. The van der Waals surface area contributed by atoms with Crippen LogP contribution in [0.25, 0.3) is 0 Å². The highest BCUT2D eigenvalue weighted by molar-refractivity contribution is 6.30. The van der Waals surface area contributed by atoms with Gasteiger partial charge >= 0.3 is 0 Å². The van der Waals surface area contributed by atoms with Gasteiger partial charge in [0.25, 0.3) is 5.91 Å². The van der Waals surface area contributed by atoms with Crippen LogP contribution in [0.15, 0.2) is 60.7 Å². The third kappa shape index (κ3) is 3.74. The van der Waals surface area contributed by atoms with E-state index >= 15 is 0 Å². The number of amides is 2. The van der Waals surface area contributed by atoms with Crippen LogP contribution in [0.5, 0.6) is 5.75 Å². The molecule has 168 valence electrons. The highest BCUT2D eigenvalue weighted by Crippen LogP contribution is 2.44. The summed E-state index contributed by atoms with van der Waals surface area (Å²) in [5, 5.41) is 0.241. The van der Waals surface area contributed by atoms with Gasteiger partial charge in [0.1, 0.15) is 17.6 Å². The summed E-state index contributed by atoms with van der Waals surface area (Å²) < 4.78 is 20.4. The molecule has 5 rings (SSSR count). The zero-order chi connectivity index (χ0) is 23.1. The van der Waals surface area contributed by atoms with Gasteiger partial charge in [-0.1, -0.05) is 54.1 Å². The minimum absolute atomic E-state index is 0.241. The second kappa shape index (κ2) is 8.52. The van der Waals surface area contributed by atoms with Crippen molar-refractivity contribution >= 4 is 23.4 Å². The molecule has 2 amide bonds. The van der Waals surface area contributed by atoms with Gasteiger partial charge in [-0.25, -0.2) is 4.39 Å². The summed E-state index contributed by atoms with van der Waals surface area (Å²) in [5.41, 5.74) is 8.88. The Balaban J connectivity index is 1.68. The molecular formula is C26H22ClFN2O3. The first-order valence-electron chi connectivity index (χ1n) is 10.8. The maximum absolute atomic E-state index is 14.7. The van der Waals surface area contributed by atoms with Gasteiger partial charge in [-0.2, -0.15) is 0 Å².